The lowest BCUT2D eigenvalue weighted by Crippen LogP contribution is -2.22. The Hall–Kier alpha value is -3.15. The number of para-hydroxylation sites is 1. The van der Waals surface area contributed by atoms with E-state index in [2.05, 4.69) is 9.97 Å². The molecule has 0 aliphatic heterocycles. The van der Waals surface area contributed by atoms with Crippen LogP contribution >= 0.6 is 0 Å². The molecule has 6 heteroatoms. The van der Waals surface area contributed by atoms with Gasteiger partial charge in [0.1, 0.15) is 11.6 Å². The fourth-order valence-electron chi connectivity index (χ4n) is 2.17. The van der Waals surface area contributed by atoms with Crippen LogP contribution in [0.15, 0.2) is 53.3 Å². The Kier molecular flexibility index (Phi) is 3.80. The Morgan fingerprint density at radius 2 is 1.87 bits per heavy atom. The van der Waals surface area contributed by atoms with Crippen LogP contribution in [0.4, 0.5) is 0 Å². The number of fused-ring (bicyclic) bond motifs is 1. The first-order chi connectivity index (χ1) is 11.0. The monoisotopic (exact) mass is 310 g/mol. The zero-order valence-corrected chi connectivity index (χ0v) is 12.3. The van der Waals surface area contributed by atoms with Gasteiger partial charge in [0.2, 0.25) is 0 Å². The third-order valence-electron chi connectivity index (χ3n) is 3.40. The summed E-state index contributed by atoms with van der Waals surface area (Å²) in [4.78, 5) is 30.0. The number of hydrogen-bond donors (Lipinski definition) is 2. The Labute approximate surface area is 131 Å². The van der Waals surface area contributed by atoms with Gasteiger partial charge in [-0.25, -0.2) is 9.78 Å². The average molecular weight is 310 g/mol. The van der Waals surface area contributed by atoms with Gasteiger partial charge in [0.25, 0.3) is 5.56 Å². The number of ether oxygens (including phenoxy) is 1. The molecule has 0 bridgehead atoms. The van der Waals surface area contributed by atoms with E-state index in [9.17, 15) is 9.59 Å². The molecule has 1 atom stereocenters. The molecular weight excluding hydrogens is 296 g/mol. The van der Waals surface area contributed by atoms with Gasteiger partial charge in [-0.15, -0.1) is 0 Å². The third kappa shape index (κ3) is 3.06. The molecule has 0 amide bonds. The number of carboxylic acids is 1. The number of carboxylic acid groups (broad SMARTS) is 1. The standard InChI is InChI=1S/C17H14N2O4/c1-10(17(21)22)23-12-8-6-11(7-9-12)15-18-14-5-3-2-4-13(14)16(20)19-15/h2-10H,1H3,(H,21,22)(H,18,19,20). The molecule has 6 nitrogen and oxygen atoms in total. The predicted molar refractivity (Wildman–Crippen MR) is 85.5 cm³/mol. The van der Waals surface area contributed by atoms with Crippen LogP contribution in [0.25, 0.3) is 22.3 Å². The molecule has 0 aliphatic rings. The van der Waals surface area contributed by atoms with Gasteiger partial charge in [-0.05, 0) is 43.3 Å². The number of aromatic nitrogens is 2. The van der Waals surface area contributed by atoms with Gasteiger partial charge in [0.05, 0.1) is 10.9 Å². The van der Waals surface area contributed by atoms with Crippen molar-refractivity contribution in [2.24, 2.45) is 0 Å². The molecule has 116 valence electrons. The highest BCUT2D eigenvalue weighted by Crippen LogP contribution is 2.20. The van der Waals surface area contributed by atoms with Crippen molar-refractivity contribution in [3.8, 4) is 17.1 Å². The lowest BCUT2D eigenvalue weighted by molar-refractivity contribution is -0.144. The third-order valence-corrected chi connectivity index (χ3v) is 3.40. The second-order valence-corrected chi connectivity index (χ2v) is 5.05. The van der Waals surface area contributed by atoms with Crippen molar-refractivity contribution in [3.63, 3.8) is 0 Å². The number of rotatable bonds is 4. The molecule has 2 aromatic carbocycles. The molecule has 0 saturated heterocycles. The van der Waals surface area contributed by atoms with E-state index in [0.29, 0.717) is 28.0 Å². The Balaban J connectivity index is 1.93. The summed E-state index contributed by atoms with van der Waals surface area (Å²) in [6, 6.07) is 13.8. The summed E-state index contributed by atoms with van der Waals surface area (Å²) in [6.45, 7) is 1.46. The molecule has 0 saturated carbocycles. The molecule has 0 radical (unpaired) electrons. The second-order valence-electron chi connectivity index (χ2n) is 5.05. The molecule has 1 unspecified atom stereocenters. The summed E-state index contributed by atoms with van der Waals surface area (Å²) >= 11 is 0. The molecule has 1 heterocycles. The smallest absolute Gasteiger partial charge is 0.344 e. The van der Waals surface area contributed by atoms with Gasteiger partial charge in [-0.2, -0.15) is 0 Å². The summed E-state index contributed by atoms with van der Waals surface area (Å²) in [6.07, 6.45) is -0.931. The Morgan fingerprint density at radius 3 is 2.57 bits per heavy atom. The lowest BCUT2D eigenvalue weighted by Gasteiger charge is -2.10. The van der Waals surface area contributed by atoms with E-state index in [1.54, 1.807) is 42.5 Å². The number of aromatic amines is 1. The number of H-pyrrole nitrogens is 1. The zero-order chi connectivity index (χ0) is 16.4. The topological polar surface area (TPSA) is 92.3 Å². The Morgan fingerprint density at radius 1 is 1.17 bits per heavy atom. The molecule has 2 N–H and O–H groups in total. The molecule has 0 aliphatic carbocycles. The molecule has 1 aromatic heterocycles. The molecule has 23 heavy (non-hydrogen) atoms. The van der Waals surface area contributed by atoms with Gasteiger partial charge >= 0.3 is 5.97 Å². The van der Waals surface area contributed by atoms with Gasteiger partial charge < -0.3 is 14.8 Å². The van der Waals surface area contributed by atoms with Crippen molar-refractivity contribution in [1.82, 2.24) is 9.97 Å². The van der Waals surface area contributed by atoms with Crippen LogP contribution in [0, 0.1) is 0 Å². The quantitative estimate of drug-likeness (QED) is 0.772. The van der Waals surface area contributed by atoms with Gasteiger partial charge in [0, 0.05) is 5.56 Å². The largest absolute Gasteiger partial charge is 0.479 e. The summed E-state index contributed by atoms with van der Waals surface area (Å²) in [7, 11) is 0. The van der Waals surface area contributed by atoms with Crippen LogP contribution in [0.3, 0.4) is 0 Å². The van der Waals surface area contributed by atoms with Crippen molar-refractivity contribution in [2.75, 3.05) is 0 Å². The van der Waals surface area contributed by atoms with Crippen LogP contribution in [0.5, 0.6) is 5.75 Å². The van der Waals surface area contributed by atoms with Crippen molar-refractivity contribution in [1.29, 1.82) is 0 Å². The highest BCUT2D eigenvalue weighted by Gasteiger charge is 2.12. The number of benzene rings is 2. The van der Waals surface area contributed by atoms with Gasteiger partial charge in [-0.3, -0.25) is 4.79 Å². The highest BCUT2D eigenvalue weighted by molar-refractivity contribution is 5.79. The summed E-state index contributed by atoms with van der Waals surface area (Å²) < 4.78 is 5.27. The van der Waals surface area contributed by atoms with Crippen molar-refractivity contribution >= 4 is 16.9 Å². The lowest BCUT2D eigenvalue weighted by atomic mass is 10.2. The van der Waals surface area contributed by atoms with Gasteiger partial charge in [-0.1, -0.05) is 12.1 Å². The van der Waals surface area contributed by atoms with Crippen molar-refractivity contribution in [3.05, 3.63) is 58.9 Å². The average Bonchev–Trinajstić information content (AvgIpc) is 2.55. The molecule has 3 rings (SSSR count). The van der Waals surface area contributed by atoms with Crippen molar-refractivity contribution in [2.45, 2.75) is 13.0 Å². The normalized spacial score (nSPS) is 12.0. The molecular formula is C17H14N2O4. The first-order valence-corrected chi connectivity index (χ1v) is 7.03. The summed E-state index contributed by atoms with van der Waals surface area (Å²) in [5, 5.41) is 9.37. The highest BCUT2D eigenvalue weighted by atomic mass is 16.5. The number of hydrogen-bond acceptors (Lipinski definition) is 4. The van der Waals surface area contributed by atoms with Crippen LogP contribution < -0.4 is 10.3 Å². The number of nitrogens with one attached hydrogen (secondary N) is 1. The summed E-state index contributed by atoms with van der Waals surface area (Å²) in [5.41, 5.74) is 1.12. The minimum Gasteiger partial charge on any atom is -0.479 e. The van der Waals surface area contributed by atoms with Crippen LogP contribution in [0.2, 0.25) is 0 Å². The minimum absolute atomic E-state index is 0.203. The van der Waals surface area contributed by atoms with E-state index in [1.165, 1.54) is 6.92 Å². The van der Waals surface area contributed by atoms with Crippen LogP contribution in [0.1, 0.15) is 6.92 Å². The number of aliphatic carboxylic acids is 1. The SMILES string of the molecule is CC(Oc1ccc(-c2nc3ccccc3c(=O)[nH]2)cc1)C(=O)O. The van der Waals surface area contributed by atoms with Gasteiger partial charge in [0.15, 0.2) is 6.10 Å². The maximum Gasteiger partial charge on any atom is 0.344 e. The number of nitrogens with zero attached hydrogens (tertiary/aromatic N) is 1. The molecule has 3 aromatic rings. The second kappa shape index (κ2) is 5.92. The first kappa shape index (κ1) is 14.8. The summed E-state index contributed by atoms with van der Waals surface area (Å²) in [5.74, 6) is -0.145. The van der Waals surface area contributed by atoms with E-state index in [0.717, 1.165) is 0 Å². The maximum atomic E-state index is 12.1. The van der Waals surface area contributed by atoms with E-state index in [4.69, 9.17) is 9.84 Å². The maximum absolute atomic E-state index is 12.1. The van der Waals surface area contributed by atoms with E-state index in [-0.39, 0.29) is 5.56 Å². The van der Waals surface area contributed by atoms with E-state index in [1.807, 2.05) is 6.07 Å². The first-order valence-electron chi connectivity index (χ1n) is 7.03. The molecule has 0 spiro atoms. The number of carbonyl (C=O) groups is 1. The zero-order valence-electron chi connectivity index (χ0n) is 12.3. The van der Waals surface area contributed by atoms with Crippen LogP contribution in [-0.4, -0.2) is 27.1 Å². The van der Waals surface area contributed by atoms with Crippen LogP contribution in [-0.2, 0) is 4.79 Å². The van der Waals surface area contributed by atoms with Crippen molar-refractivity contribution < 1.29 is 14.6 Å². The van der Waals surface area contributed by atoms with E-state index >= 15 is 0 Å². The fraction of sp³-hybridized carbons (Fsp3) is 0.118. The molecule has 0 fully saturated rings. The fourth-order valence-corrected chi connectivity index (χ4v) is 2.17. The minimum atomic E-state index is -1.03. The predicted octanol–water partition coefficient (Wildman–Crippen LogP) is 2.44. The van der Waals surface area contributed by atoms with E-state index < -0.39 is 12.1 Å². The Bertz CT molecular complexity index is 916.